The first-order valence-electron chi connectivity index (χ1n) is 5.57. The Morgan fingerprint density at radius 3 is 3.12 bits per heavy atom. The summed E-state index contributed by atoms with van der Waals surface area (Å²) in [6, 6.07) is 4.91. The summed E-state index contributed by atoms with van der Waals surface area (Å²) in [6.07, 6.45) is 1.94. The fourth-order valence-corrected chi connectivity index (χ4v) is 2.01. The molecule has 0 saturated heterocycles. The topological polar surface area (TPSA) is 38.5 Å². The van der Waals surface area contributed by atoms with Crippen LogP contribution in [0.15, 0.2) is 18.2 Å². The maximum atomic E-state index is 13.1. The van der Waals surface area contributed by atoms with Gasteiger partial charge in [0, 0.05) is 13.1 Å². The Bertz CT molecular complexity index is 370. The average molecular weight is 224 g/mol. The second kappa shape index (κ2) is 4.70. The molecule has 0 aromatic heterocycles. The zero-order valence-electron chi connectivity index (χ0n) is 9.45. The minimum atomic E-state index is -0.228. The molecule has 1 aromatic carbocycles. The van der Waals surface area contributed by atoms with E-state index in [1.807, 2.05) is 7.05 Å². The summed E-state index contributed by atoms with van der Waals surface area (Å²) < 4.78 is 18.8. The Kier molecular flexibility index (Phi) is 3.29. The number of nitrogens with two attached hydrogens (primary N) is 1. The molecular weight excluding hydrogens is 207 g/mol. The standard InChI is InChI=1S/C12H17FN2O/c1-15-10(3-2-6-14)8-16-12-5-4-9(13)7-11(12)15/h4-5,7,10H,2-3,6,8,14H2,1H3. The fraction of sp³-hybridized carbons (Fsp3) is 0.500. The zero-order valence-corrected chi connectivity index (χ0v) is 9.45. The van der Waals surface area contributed by atoms with Crippen LogP contribution in [0.25, 0.3) is 0 Å². The molecule has 0 radical (unpaired) electrons. The number of fused-ring (bicyclic) bond motifs is 1. The van der Waals surface area contributed by atoms with E-state index in [2.05, 4.69) is 4.90 Å². The van der Waals surface area contributed by atoms with E-state index in [1.165, 1.54) is 12.1 Å². The molecular formula is C12H17FN2O. The van der Waals surface area contributed by atoms with Crippen LogP contribution in [-0.4, -0.2) is 26.2 Å². The van der Waals surface area contributed by atoms with E-state index in [9.17, 15) is 4.39 Å². The summed E-state index contributed by atoms with van der Waals surface area (Å²) in [7, 11) is 1.97. The van der Waals surface area contributed by atoms with Crippen molar-refractivity contribution in [3.05, 3.63) is 24.0 Å². The van der Waals surface area contributed by atoms with Gasteiger partial charge < -0.3 is 15.4 Å². The van der Waals surface area contributed by atoms with Gasteiger partial charge in [-0.05, 0) is 31.5 Å². The summed E-state index contributed by atoms with van der Waals surface area (Å²) in [6.45, 7) is 1.33. The van der Waals surface area contributed by atoms with Gasteiger partial charge in [0.15, 0.2) is 0 Å². The number of anilines is 1. The second-order valence-corrected chi connectivity index (χ2v) is 4.12. The first kappa shape index (κ1) is 11.2. The number of halogens is 1. The second-order valence-electron chi connectivity index (χ2n) is 4.12. The molecule has 2 rings (SSSR count). The van der Waals surface area contributed by atoms with Crippen LogP contribution in [0.5, 0.6) is 5.75 Å². The third-order valence-corrected chi connectivity index (χ3v) is 3.02. The summed E-state index contributed by atoms with van der Waals surface area (Å²) in [5, 5.41) is 0. The highest BCUT2D eigenvalue weighted by Gasteiger charge is 2.24. The van der Waals surface area contributed by atoms with Crippen molar-refractivity contribution in [2.75, 3.05) is 25.1 Å². The highest BCUT2D eigenvalue weighted by molar-refractivity contribution is 5.60. The third kappa shape index (κ3) is 2.11. The van der Waals surface area contributed by atoms with Gasteiger partial charge in [0.05, 0.1) is 11.7 Å². The van der Waals surface area contributed by atoms with E-state index in [1.54, 1.807) is 6.07 Å². The van der Waals surface area contributed by atoms with Crippen LogP contribution in [0.1, 0.15) is 12.8 Å². The van der Waals surface area contributed by atoms with Gasteiger partial charge in [0.1, 0.15) is 18.2 Å². The van der Waals surface area contributed by atoms with Crippen molar-refractivity contribution >= 4 is 5.69 Å². The lowest BCUT2D eigenvalue weighted by Crippen LogP contribution is -2.40. The molecule has 3 nitrogen and oxygen atoms in total. The molecule has 0 bridgehead atoms. The Labute approximate surface area is 95.0 Å². The Balaban J connectivity index is 2.17. The molecule has 0 fully saturated rings. The lowest BCUT2D eigenvalue weighted by atomic mass is 10.1. The van der Waals surface area contributed by atoms with Crippen LogP contribution >= 0.6 is 0 Å². The molecule has 0 amide bonds. The minimum Gasteiger partial charge on any atom is -0.489 e. The lowest BCUT2D eigenvalue weighted by molar-refractivity contribution is 0.258. The number of ether oxygens (including phenoxy) is 1. The van der Waals surface area contributed by atoms with Gasteiger partial charge in [-0.1, -0.05) is 0 Å². The average Bonchev–Trinajstić information content (AvgIpc) is 2.29. The normalized spacial score (nSPS) is 19.2. The summed E-state index contributed by atoms with van der Waals surface area (Å²) in [4.78, 5) is 2.08. The van der Waals surface area contributed by atoms with Gasteiger partial charge in [0.25, 0.3) is 0 Å². The van der Waals surface area contributed by atoms with Crippen molar-refractivity contribution < 1.29 is 9.13 Å². The van der Waals surface area contributed by atoms with Gasteiger partial charge in [-0.15, -0.1) is 0 Å². The Hall–Kier alpha value is -1.29. The van der Waals surface area contributed by atoms with Gasteiger partial charge in [-0.25, -0.2) is 4.39 Å². The van der Waals surface area contributed by atoms with Crippen molar-refractivity contribution in [3.63, 3.8) is 0 Å². The van der Waals surface area contributed by atoms with Gasteiger partial charge >= 0.3 is 0 Å². The highest BCUT2D eigenvalue weighted by atomic mass is 19.1. The molecule has 16 heavy (non-hydrogen) atoms. The van der Waals surface area contributed by atoms with E-state index < -0.39 is 0 Å². The number of hydrogen-bond acceptors (Lipinski definition) is 3. The van der Waals surface area contributed by atoms with Crippen LogP contribution in [0.2, 0.25) is 0 Å². The monoisotopic (exact) mass is 224 g/mol. The van der Waals surface area contributed by atoms with Crippen LogP contribution < -0.4 is 15.4 Å². The predicted octanol–water partition coefficient (Wildman–Crippen LogP) is 1.76. The van der Waals surface area contributed by atoms with E-state index in [0.29, 0.717) is 13.2 Å². The van der Waals surface area contributed by atoms with Gasteiger partial charge in [0.2, 0.25) is 0 Å². The van der Waals surface area contributed by atoms with Crippen LogP contribution in [-0.2, 0) is 0 Å². The minimum absolute atomic E-state index is 0.228. The summed E-state index contributed by atoms with van der Waals surface area (Å²) in [5.74, 6) is 0.529. The van der Waals surface area contributed by atoms with Crippen LogP contribution in [0.4, 0.5) is 10.1 Å². The third-order valence-electron chi connectivity index (χ3n) is 3.02. The molecule has 0 aliphatic carbocycles. The first-order valence-corrected chi connectivity index (χ1v) is 5.57. The first-order chi connectivity index (χ1) is 7.72. The molecule has 1 aliphatic rings. The fourth-order valence-electron chi connectivity index (χ4n) is 2.01. The zero-order chi connectivity index (χ0) is 11.5. The molecule has 2 N–H and O–H groups in total. The Morgan fingerprint density at radius 2 is 2.38 bits per heavy atom. The maximum absolute atomic E-state index is 13.1. The maximum Gasteiger partial charge on any atom is 0.142 e. The number of nitrogens with zero attached hydrogens (tertiary/aromatic N) is 1. The molecule has 1 heterocycles. The van der Waals surface area contributed by atoms with E-state index in [4.69, 9.17) is 10.5 Å². The molecule has 1 atom stereocenters. The number of rotatable bonds is 3. The summed E-state index contributed by atoms with van der Waals surface area (Å²) in [5.41, 5.74) is 6.32. The number of benzene rings is 1. The van der Waals surface area contributed by atoms with Crippen LogP contribution in [0.3, 0.4) is 0 Å². The quantitative estimate of drug-likeness (QED) is 0.850. The molecule has 88 valence electrons. The predicted molar refractivity (Wildman–Crippen MR) is 62.4 cm³/mol. The number of hydrogen-bond donors (Lipinski definition) is 1. The highest BCUT2D eigenvalue weighted by Crippen LogP contribution is 2.34. The largest absolute Gasteiger partial charge is 0.489 e. The van der Waals surface area contributed by atoms with E-state index >= 15 is 0 Å². The SMILES string of the molecule is CN1c2cc(F)ccc2OCC1CCCN. The van der Waals surface area contributed by atoms with Gasteiger partial charge in [-0.2, -0.15) is 0 Å². The van der Waals surface area contributed by atoms with Crippen molar-refractivity contribution in [3.8, 4) is 5.75 Å². The van der Waals surface area contributed by atoms with E-state index in [0.717, 1.165) is 24.3 Å². The number of likely N-dealkylation sites (N-methyl/N-ethyl adjacent to an activating group) is 1. The summed E-state index contributed by atoms with van der Waals surface area (Å²) >= 11 is 0. The molecule has 0 saturated carbocycles. The molecule has 4 heteroatoms. The van der Waals surface area contributed by atoms with Crippen molar-refractivity contribution in [1.29, 1.82) is 0 Å². The van der Waals surface area contributed by atoms with Gasteiger partial charge in [-0.3, -0.25) is 0 Å². The smallest absolute Gasteiger partial charge is 0.142 e. The molecule has 1 aliphatic heterocycles. The Morgan fingerprint density at radius 1 is 1.56 bits per heavy atom. The molecule has 0 spiro atoms. The lowest BCUT2D eigenvalue weighted by Gasteiger charge is -2.35. The van der Waals surface area contributed by atoms with Crippen molar-refractivity contribution in [2.24, 2.45) is 5.73 Å². The van der Waals surface area contributed by atoms with E-state index in [-0.39, 0.29) is 11.9 Å². The van der Waals surface area contributed by atoms with Crippen molar-refractivity contribution in [2.45, 2.75) is 18.9 Å². The van der Waals surface area contributed by atoms with Crippen molar-refractivity contribution in [1.82, 2.24) is 0 Å². The van der Waals surface area contributed by atoms with Crippen LogP contribution in [0, 0.1) is 5.82 Å². The molecule has 1 unspecified atom stereocenters. The molecule has 1 aromatic rings.